The van der Waals surface area contributed by atoms with E-state index in [9.17, 15) is 36.7 Å². The van der Waals surface area contributed by atoms with Crippen molar-refractivity contribution in [2.45, 2.75) is 37.0 Å². The number of methoxy groups -OCH3 is 1. The van der Waals surface area contributed by atoms with Crippen LogP contribution in [0, 0.1) is 5.82 Å². The van der Waals surface area contributed by atoms with Gasteiger partial charge in [0.2, 0.25) is 11.9 Å². The van der Waals surface area contributed by atoms with Crippen molar-refractivity contribution in [1.82, 2.24) is 30.9 Å². The molecule has 0 saturated heterocycles. The number of carbonyl (C=O) groups is 4. The Morgan fingerprint density at radius 2 is 1.52 bits per heavy atom. The summed E-state index contributed by atoms with van der Waals surface area (Å²) in [5.74, 6) is -4.28. The van der Waals surface area contributed by atoms with Crippen LogP contribution < -0.4 is 31.3 Å². The number of benzene rings is 3. The molecule has 1 aliphatic rings. The lowest BCUT2D eigenvalue weighted by Crippen LogP contribution is -2.51. The minimum atomic E-state index is -4.65. The minimum Gasteiger partial charge on any atom is -0.467 e. The highest BCUT2D eigenvalue weighted by Crippen LogP contribution is 2.48. The number of esters is 1. The number of aromatic nitrogens is 3. The predicted octanol–water partition coefficient (Wildman–Crippen LogP) is 4.20. The van der Waals surface area contributed by atoms with E-state index in [4.69, 9.17) is 21.1 Å². The maximum Gasteiger partial charge on any atom is 0.422 e. The molecular formula is C35H33ClF4N8O6. The predicted molar refractivity (Wildman–Crippen MR) is 186 cm³/mol. The quantitative estimate of drug-likeness (QED) is 0.0663. The largest absolute Gasteiger partial charge is 0.467 e. The van der Waals surface area contributed by atoms with E-state index < -0.39 is 66.4 Å². The second-order valence-corrected chi connectivity index (χ2v) is 12.4. The SMILES string of the molecule is COC(=O)[C@H](CNC(=O)C(=O)NCCc1ccc(F)cc1)NC(=O)c1ccc(Nc2nc(NC3(c4ccc(Cl)cc4)CC3)nc(OCC(F)(F)F)n2)cc1. The first-order valence-electron chi connectivity index (χ1n) is 16.3. The number of nitrogens with zero attached hydrogens (tertiary/aromatic N) is 3. The molecule has 4 aromatic rings. The van der Waals surface area contributed by atoms with Gasteiger partial charge in [0.25, 0.3) is 5.91 Å². The zero-order chi connectivity index (χ0) is 38.9. The van der Waals surface area contributed by atoms with Crippen LogP contribution in [0.4, 0.5) is 35.1 Å². The average molecular weight is 773 g/mol. The molecule has 3 aromatic carbocycles. The third-order valence-corrected chi connectivity index (χ3v) is 8.21. The van der Waals surface area contributed by atoms with Gasteiger partial charge < -0.3 is 36.1 Å². The molecule has 1 aliphatic carbocycles. The molecular weight excluding hydrogens is 740 g/mol. The van der Waals surface area contributed by atoms with Gasteiger partial charge in [-0.05, 0) is 78.9 Å². The highest BCUT2D eigenvalue weighted by Gasteiger charge is 2.45. The van der Waals surface area contributed by atoms with Crippen LogP contribution in [0.3, 0.4) is 0 Å². The molecule has 1 aromatic heterocycles. The molecule has 54 heavy (non-hydrogen) atoms. The summed E-state index contributed by atoms with van der Waals surface area (Å²) in [4.78, 5) is 62.3. The van der Waals surface area contributed by atoms with E-state index in [0.29, 0.717) is 30.0 Å². The van der Waals surface area contributed by atoms with Crippen molar-refractivity contribution < 1.29 is 46.2 Å². The standard InChI is InChI=1S/C35H33ClF4N8O6/c1-53-30(52)26(18-42-29(51)28(50)41-17-14-20-2-10-24(37)11-3-20)44-27(49)21-4-12-25(13-5-21)43-31-45-32(47-33(46-31)54-19-35(38,39)40)48-34(15-16-34)22-6-8-23(36)9-7-22/h2-13,26H,14-19H2,1H3,(H,41,50)(H,42,51)(H,44,49)(H2,43,45,46,47,48)/t26-/m0/s1. The third-order valence-electron chi connectivity index (χ3n) is 7.96. The summed E-state index contributed by atoms with van der Waals surface area (Å²) < 4.78 is 61.4. The number of ether oxygens (including phenoxy) is 2. The molecule has 0 aliphatic heterocycles. The molecule has 19 heteroatoms. The molecule has 1 fully saturated rings. The van der Waals surface area contributed by atoms with Crippen molar-refractivity contribution in [3.63, 3.8) is 0 Å². The molecule has 5 N–H and O–H groups in total. The zero-order valence-corrected chi connectivity index (χ0v) is 29.2. The zero-order valence-electron chi connectivity index (χ0n) is 28.4. The minimum absolute atomic E-state index is 0.0449. The van der Waals surface area contributed by atoms with Gasteiger partial charge in [-0.25, -0.2) is 9.18 Å². The molecule has 1 heterocycles. The molecule has 0 radical (unpaired) electrons. The molecule has 14 nitrogen and oxygen atoms in total. The normalized spacial score (nSPS) is 13.5. The molecule has 0 unspecified atom stereocenters. The van der Waals surface area contributed by atoms with Gasteiger partial charge in [-0.3, -0.25) is 14.4 Å². The van der Waals surface area contributed by atoms with Crippen LogP contribution in [0.15, 0.2) is 72.8 Å². The number of amides is 3. The van der Waals surface area contributed by atoms with Crippen molar-refractivity contribution in [3.05, 3.63) is 100 Å². The second kappa shape index (κ2) is 17.2. The Kier molecular flexibility index (Phi) is 12.5. The van der Waals surface area contributed by atoms with Gasteiger partial charge in [0.15, 0.2) is 6.61 Å². The molecule has 0 spiro atoms. The maximum atomic E-state index is 13.1. The topological polar surface area (TPSA) is 186 Å². The van der Waals surface area contributed by atoms with Gasteiger partial charge in [-0.15, -0.1) is 0 Å². The van der Waals surface area contributed by atoms with E-state index in [1.807, 2.05) is 12.1 Å². The highest BCUT2D eigenvalue weighted by atomic mass is 35.5. The fourth-order valence-electron chi connectivity index (χ4n) is 5.01. The monoisotopic (exact) mass is 772 g/mol. The second-order valence-electron chi connectivity index (χ2n) is 12.0. The molecule has 284 valence electrons. The van der Waals surface area contributed by atoms with Crippen LogP contribution in [-0.4, -0.2) is 77.7 Å². The number of alkyl halides is 3. The summed E-state index contributed by atoms with van der Waals surface area (Å²) in [5.41, 5.74) is 1.45. The van der Waals surface area contributed by atoms with E-state index in [1.54, 1.807) is 24.3 Å². The first kappa shape index (κ1) is 39.2. The lowest BCUT2D eigenvalue weighted by Gasteiger charge is -2.19. The fraction of sp³-hybridized carbons (Fsp3) is 0.286. The summed E-state index contributed by atoms with van der Waals surface area (Å²) >= 11 is 6.02. The van der Waals surface area contributed by atoms with E-state index in [-0.39, 0.29) is 24.0 Å². The van der Waals surface area contributed by atoms with Crippen LogP contribution in [0.2, 0.25) is 5.02 Å². The Morgan fingerprint density at radius 3 is 2.15 bits per heavy atom. The van der Waals surface area contributed by atoms with E-state index in [0.717, 1.165) is 18.2 Å². The summed E-state index contributed by atoms with van der Waals surface area (Å²) in [6.45, 7) is -2.02. The number of carbonyl (C=O) groups excluding carboxylic acids is 4. The smallest absolute Gasteiger partial charge is 0.422 e. The van der Waals surface area contributed by atoms with Gasteiger partial charge in [0, 0.05) is 29.4 Å². The molecule has 5 rings (SSSR count). The lowest BCUT2D eigenvalue weighted by molar-refractivity contribution is -0.154. The Bertz CT molecular complexity index is 1960. The molecule has 1 saturated carbocycles. The summed E-state index contributed by atoms with van der Waals surface area (Å²) in [7, 11) is 1.08. The summed E-state index contributed by atoms with van der Waals surface area (Å²) in [6.07, 6.45) is -2.91. The average Bonchev–Trinajstić information content (AvgIpc) is 3.93. The fourth-order valence-corrected chi connectivity index (χ4v) is 5.14. The van der Waals surface area contributed by atoms with Crippen molar-refractivity contribution in [2.24, 2.45) is 0 Å². The van der Waals surface area contributed by atoms with Crippen LogP contribution >= 0.6 is 11.6 Å². The first-order valence-corrected chi connectivity index (χ1v) is 16.7. The van der Waals surface area contributed by atoms with Gasteiger partial charge in [0.1, 0.15) is 11.9 Å². The number of rotatable bonds is 15. The van der Waals surface area contributed by atoms with Crippen LogP contribution in [0.5, 0.6) is 6.01 Å². The number of anilines is 3. The van der Waals surface area contributed by atoms with Crippen LogP contribution in [0.25, 0.3) is 0 Å². The van der Waals surface area contributed by atoms with Crippen molar-refractivity contribution in [1.29, 1.82) is 0 Å². The first-order chi connectivity index (χ1) is 25.7. The van der Waals surface area contributed by atoms with Gasteiger partial charge in [-0.2, -0.15) is 28.1 Å². The van der Waals surface area contributed by atoms with E-state index >= 15 is 0 Å². The Morgan fingerprint density at radius 1 is 0.870 bits per heavy atom. The van der Waals surface area contributed by atoms with E-state index in [1.165, 1.54) is 36.4 Å². The number of hydrogen-bond acceptors (Lipinski definition) is 11. The molecule has 0 bridgehead atoms. The van der Waals surface area contributed by atoms with Crippen molar-refractivity contribution in [3.8, 4) is 6.01 Å². The summed E-state index contributed by atoms with van der Waals surface area (Å²) in [6, 6.07) is 16.4. The number of halogens is 5. The highest BCUT2D eigenvalue weighted by molar-refractivity contribution is 6.35. The number of nitrogens with one attached hydrogen (secondary N) is 5. The van der Waals surface area contributed by atoms with Crippen LogP contribution in [0.1, 0.15) is 34.3 Å². The lowest BCUT2D eigenvalue weighted by atomic mass is 10.1. The van der Waals surface area contributed by atoms with Crippen LogP contribution in [-0.2, 0) is 31.1 Å². The third kappa shape index (κ3) is 11.2. The Hall–Kier alpha value is -6.04. The molecule has 3 amide bonds. The van der Waals surface area contributed by atoms with Gasteiger partial charge in [-0.1, -0.05) is 35.9 Å². The van der Waals surface area contributed by atoms with Gasteiger partial charge in [0.05, 0.1) is 12.6 Å². The van der Waals surface area contributed by atoms with Crippen molar-refractivity contribution in [2.75, 3.05) is 37.4 Å². The van der Waals surface area contributed by atoms with E-state index in [2.05, 4.69) is 41.5 Å². The Labute approximate surface area is 310 Å². The van der Waals surface area contributed by atoms with Crippen molar-refractivity contribution >= 4 is 52.9 Å². The Balaban J connectivity index is 1.19. The summed E-state index contributed by atoms with van der Waals surface area (Å²) in [5, 5.41) is 13.7. The van der Waals surface area contributed by atoms with Gasteiger partial charge >= 0.3 is 30.0 Å². The molecule has 1 atom stereocenters. The maximum absolute atomic E-state index is 13.1. The number of hydrogen-bond donors (Lipinski definition) is 5.